The molecule has 92 valence electrons. The molecule has 2 aromatic rings. The summed E-state index contributed by atoms with van der Waals surface area (Å²) < 4.78 is 0. The molecule has 0 heterocycles. The van der Waals surface area contributed by atoms with E-state index in [0.29, 0.717) is 0 Å². The molecule has 0 atom stereocenters. The van der Waals surface area contributed by atoms with Gasteiger partial charge in [0.1, 0.15) is 0 Å². The summed E-state index contributed by atoms with van der Waals surface area (Å²) in [6.07, 6.45) is 2.61. The van der Waals surface area contributed by atoms with E-state index < -0.39 is 5.54 Å². The average molecular weight is 240 g/mol. The number of nitrogens with one attached hydrogen (secondary N) is 1. The monoisotopic (exact) mass is 240 g/mol. The molecule has 3 heteroatoms. The number of carbonyl (C=O) groups excluding carboxylic acids is 1. The molecule has 1 aliphatic rings. The number of amides is 1. The van der Waals surface area contributed by atoms with E-state index in [9.17, 15) is 4.79 Å². The molecule has 0 unspecified atom stereocenters. The van der Waals surface area contributed by atoms with E-state index in [2.05, 4.69) is 11.4 Å². The van der Waals surface area contributed by atoms with Crippen molar-refractivity contribution in [2.24, 2.45) is 5.73 Å². The largest absolute Gasteiger partial charge is 0.324 e. The molecule has 1 fully saturated rings. The highest BCUT2D eigenvalue weighted by Crippen LogP contribution is 2.30. The fraction of sp³-hybridized carbons (Fsp3) is 0.267. The van der Waals surface area contributed by atoms with Gasteiger partial charge in [0, 0.05) is 5.69 Å². The first kappa shape index (κ1) is 11.2. The van der Waals surface area contributed by atoms with Gasteiger partial charge in [-0.3, -0.25) is 4.79 Å². The number of fused-ring (bicyclic) bond motifs is 1. The minimum atomic E-state index is -0.647. The number of anilines is 1. The number of benzene rings is 2. The maximum absolute atomic E-state index is 12.0. The summed E-state index contributed by atoms with van der Waals surface area (Å²) in [5, 5.41) is 5.20. The van der Waals surface area contributed by atoms with E-state index in [0.717, 1.165) is 30.3 Å². The summed E-state index contributed by atoms with van der Waals surface area (Å²) in [5.74, 6) is -0.0657. The van der Waals surface area contributed by atoms with Crippen molar-refractivity contribution in [2.75, 3.05) is 5.32 Å². The molecular weight excluding hydrogens is 224 g/mol. The third-order valence-electron chi connectivity index (χ3n) is 3.71. The van der Waals surface area contributed by atoms with Gasteiger partial charge in [-0.15, -0.1) is 0 Å². The standard InChI is InChI=1S/C15H16N2O/c16-15(8-3-9-15)14(18)17-13-7-6-11-4-1-2-5-12(11)10-13/h1-2,4-7,10H,3,8-9,16H2,(H,17,18). The van der Waals surface area contributed by atoms with Crippen LogP contribution in [0.5, 0.6) is 0 Å². The highest BCUT2D eigenvalue weighted by molar-refractivity contribution is 6.00. The molecule has 3 N–H and O–H groups in total. The first-order chi connectivity index (χ1) is 8.67. The van der Waals surface area contributed by atoms with Crippen LogP contribution >= 0.6 is 0 Å². The summed E-state index contributed by atoms with van der Waals surface area (Å²) in [6, 6.07) is 14.0. The number of hydrogen-bond acceptors (Lipinski definition) is 2. The van der Waals surface area contributed by atoms with Crippen LogP contribution in [0.15, 0.2) is 42.5 Å². The van der Waals surface area contributed by atoms with Crippen LogP contribution in [0.4, 0.5) is 5.69 Å². The van der Waals surface area contributed by atoms with Gasteiger partial charge in [-0.25, -0.2) is 0 Å². The van der Waals surface area contributed by atoms with Crippen molar-refractivity contribution in [3.63, 3.8) is 0 Å². The average Bonchev–Trinajstić information content (AvgIpc) is 2.35. The maximum atomic E-state index is 12.0. The van der Waals surface area contributed by atoms with E-state index in [1.807, 2.05) is 36.4 Å². The highest BCUT2D eigenvalue weighted by Gasteiger charge is 2.40. The van der Waals surface area contributed by atoms with Crippen molar-refractivity contribution >= 4 is 22.4 Å². The lowest BCUT2D eigenvalue weighted by molar-refractivity contribution is -0.123. The van der Waals surface area contributed by atoms with Gasteiger partial charge in [0.2, 0.25) is 5.91 Å². The number of carbonyl (C=O) groups is 1. The summed E-state index contributed by atoms with van der Waals surface area (Å²) in [6.45, 7) is 0. The second-order valence-electron chi connectivity index (χ2n) is 5.03. The van der Waals surface area contributed by atoms with Crippen LogP contribution in [0.2, 0.25) is 0 Å². The quantitative estimate of drug-likeness (QED) is 0.848. The Labute approximate surface area is 106 Å². The number of hydrogen-bond donors (Lipinski definition) is 2. The second kappa shape index (κ2) is 4.10. The Kier molecular flexibility index (Phi) is 2.56. The van der Waals surface area contributed by atoms with Gasteiger partial charge in [0.05, 0.1) is 5.54 Å². The zero-order chi connectivity index (χ0) is 12.6. The number of nitrogens with two attached hydrogens (primary N) is 1. The Bertz CT molecular complexity index is 602. The van der Waals surface area contributed by atoms with E-state index in [4.69, 9.17) is 5.73 Å². The van der Waals surface area contributed by atoms with Crippen LogP contribution in [-0.4, -0.2) is 11.4 Å². The third kappa shape index (κ3) is 1.87. The molecule has 3 rings (SSSR count). The van der Waals surface area contributed by atoms with Gasteiger partial charge in [0.25, 0.3) is 0 Å². The molecular formula is C15H16N2O. The SMILES string of the molecule is NC1(C(=O)Nc2ccc3ccccc3c2)CCC1. The van der Waals surface area contributed by atoms with Gasteiger partial charge in [0.15, 0.2) is 0 Å². The Morgan fingerprint density at radius 2 is 1.83 bits per heavy atom. The topological polar surface area (TPSA) is 55.1 Å². The lowest BCUT2D eigenvalue weighted by Crippen LogP contribution is -2.56. The highest BCUT2D eigenvalue weighted by atomic mass is 16.2. The molecule has 0 aromatic heterocycles. The fourth-order valence-corrected chi connectivity index (χ4v) is 2.31. The fourth-order valence-electron chi connectivity index (χ4n) is 2.31. The molecule has 2 aromatic carbocycles. The van der Waals surface area contributed by atoms with Crippen LogP contribution < -0.4 is 11.1 Å². The van der Waals surface area contributed by atoms with E-state index in [1.165, 1.54) is 5.39 Å². The molecule has 18 heavy (non-hydrogen) atoms. The molecule has 0 radical (unpaired) electrons. The second-order valence-corrected chi connectivity index (χ2v) is 5.03. The zero-order valence-electron chi connectivity index (χ0n) is 10.1. The normalized spacial score (nSPS) is 17.2. The van der Waals surface area contributed by atoms with Gasteiger partial charge in [-0.2, -0.15) is 0 Å². The van der Waals surface area contributed by atoms with Crippen LogP contribution in [0.1, 0.15) is 19.3 Å². The summed E-state index contributed by atoms with van der Waals surface area (Å²) >= 11 is 0. The van der Waals surface area contributed by atoms with Gasteiger partial charge in [-0.05, 0) is 42.2 Å². The van der Waals surface area contributed by atoms with Gasteiger partial charge in [-0.1, -0.05) is 30.3 Å². The summed E-state index contributed by atoms with van der Waals surface area (Å²) in [7, 11) is 0. The van der Waals surface area contributed by atoms with Crippen molar-refractivity contribution in [3.8, 4) is 0 Å². The van der Waals surface area contributed by atoms with Gasteiger partial charge >= 0.3 is 0 Å². The minimum absolute atomic E-state index is 0.0657. The lowest BCUT2D eigenvalue weighted by Gasteiger charge is -2.36. The van der Waals surface area contributed by atoms with E-state index in [1.54, 1.807) is 0 Å². The predicted molar refractivity (Wildman–Crippen MR) is 73.3 cm³/mol. The van der Waals surface area contributed by atoms with Crippen molar-refractivity contribution in [1.82, 2.24) is 0 Å². The van der Waals surface area contributed by atoms with Crippen LogP contribution in [0, 0.1) is 0 Å². The van der Waals surface area contributed by atoms with Crippen molar-refractivity contribution in [2.45, 2.75) is 24.8 Å². The van der Waals surface area contributed by atoms with Crippen LogP contribution in [0.3, 0.4) is 0 Å². The van der Waals surface area contributed by atoms with Crippen LogP contribution in [-0.2, 0) is 4.79 Å². The molecule has 0 saturated heterocycles. The van der Waals surface area contributed by atoms with Crippen molar-refractivity contribution in [3.05, 3.63) is 42.5 Å². The number of rotatable bonds is 2. The molecule has 1 aliphatic carbocycles. The Balaban J connectivity index is 1.84. The molecule has 0 bridgehead atoms. The molecule has 0 spiro atoms. The van der Waals surface area contributed by atoms with Crippen molar-refractivity contribution < 1.29 is 4.79 Å². The first-order valence-electron chi connectivity index (χ1n) is 6.27. The summed E-state index contributed by atoms with van der Waals surface area (Å²) in [4.78, 5) is 12.0. The predicted octanol–water partition coefficient (Wildman–Crippen LogP) is 2.66. The van der Waals surface area contributed by atoms with E-state index in [-0.39, 0.29) is 5.91 Å². The Morgan fingerprint density at radius 1 is 1.11 bits per heavy atom. The Hall–Kier alpha value is -1.87. The van der Waals surface area contributed by atoms with Crippen molar-refractivity contribution in [1.29, 1.82) is 0 Å². The first-order valence-corrected chi connectivity index (χ1v) is 6.27. The smallest absolute Gasteiger partial charge is 0.244 e. The lowest BCUT2D eigenvalue weighted by atomic mass is 9.77. The molecule has 3 nitrogen and oxygen atoms in total. The Morgan fingerprint density at radius 3 is 2.50 bits per heavy atom. The van der Waals surface area contributed by atoms with E-state index >= 15 is 0 Å². The summed E-state index contributed by atoms with van der Waals surface area (Å²) in [5.41, 5.74) is 6.16. The zero-order valence-corrected chi connectivity index (χ0v) is 10.1. The molecule has 1 amide bonds. The minimum Gasteiger partial charge on any atom is -0.324 e. The van der Waals surface area contributed by atoms with Crippen LogP contribution in [0.25, 0.3) is 10.8 Å². The third-order valence-corrected chi connectivity index (χ3v) is 3.71. The van der Waals surface area contributed by atoms with Gasteiger partial charge < -0.3 is 11.1 Å². The maximum Gasteiger partial charge on any atom is 0.244 e. The molecule has 0 aliphatic heterocycles. The molecule has 1 saturated carbocycles.